The number of nitrogens with one attached hydrogen (secondary N) is 1. The summed E-state index contributed by atoms with van der Waals surface area (Å²) in [5, 5.41) is 3.67. The van der Waals surface area contributed by atoms with Crippen molar-refractivity contribution < 1.29 is 4.39 Å². The van der Waals surface area contributed by atoms with Crippen molar-refractivity contribution in [1.82, 2.24) is 9.38 Å². The van der Waals surface area contributed by atoms with E-state index in [2.05, 4.69) is 55.9 Å². The summed E-state index contributed by atoms with van der Waals surface area (Å²) in [4.78, 5) is 4.76. The molecule has 0 bridgehead atoms. The number of rotatable bonds is 4. The second-order valence-electron chi connectivity index (χ2n) is 8.64. The predicted octanol–water partition coefficient (Wildman–Crippen LogP) is 6.53. The van der Waals surface area contributed by atoms with Gasteiger partial charge in [0.1, 0.15) is 23.0 Å². The van der Waals surface area contributed by atoms with Crippen molar-refractivity contribution in [3.63, 3.8) is 0 Å². The average molecular weight is 418 g/mol. The highest BCUT2D eigenvalue weighted by Crippen LogP contribution is 2.35. The number of aromatic nitrogens is 2. The minimum atomic E-state index is -0.263. The van der Waals surface area contributed by atoms with Crippen molar-refractivity contribution in [3.8, 4) is 11.3 Å². The van der Waals surface area contributed by atoms with Gasteiger partial charge in [0.25, 0.3) is 0 Å². The number of anilines is 1. The Morgan fingerprint density at radius 1 is 1.12 bits per heavy atom. The third kappa shape index (κ3) is 4.26. The third-order valence-corrected chi connectivity index (χ3v) is 4.58. The Bertz CT molecular complexity index is 938. The van der Waals surface area contributed by atoms with E-state index in [9.17, 15) is 4.39 Å². The molecule has 0 aliphatic rings. The quantitative estimate of drug-likeness (QED) is 0.522. The van der Waals surface area contributed by atoms with Crippen LogP contribution in [0, 0.1) is 11.2 Å². The van der Waals surface area contributed by atoms with E-state index in [0.717, 1.165) is 33.6 Å². The maximum absolute atomic E-state index is 13.8. The number of nitrogens with zero attached hydrogens (tertiary/aromatic N) is 2. The summed E-state index contributed by atoms with van der Waals surface area (Å²) in [5.41, 5.74) is 2.36. The van der Waals surface area contributed by atoms with Gasteiger partial charge in [-0.2, -0.15) is 0 Å². The van der Waals surface area contributed by atoms with Crippen LogP contribution in [-0.2, 0) is 0 Å². The predicted molar refractivity (Wildman–Crippen MR) is 110 cm³/mol. The second kappa shape index (κ2) is 6.69. The number of benzene rings is 1. The number of halogens is 2. The molecule has 1 N–H and O–H groups in total. The van der Waals surface area contributed by atoms with E-state index in [-0.39, 0.29) is 16.8 Å². The molecule has 5 heteroatoms. The first-order chi connectivity index (χ1) is 12.0. The van der Waals surface area contributed by atoms with Crippen LogP contribution in [0.2, 0.25) is 0 Å². The van der Waals surface area contributed by atoms with Gasteiger partial charge in [-0.05, 0) is 65.9 Å². The fourth-order valence-electron chi connectivity index (χ4n) is 3.67. The lowest BCUT2D eigenvalue weighted by Gasteiger charge is -2.34. The molecule has 0 saturated carbocycles. The lowest BCUT2D eigenvalue weighted by atomic mass is 9.82. The minimum Gasteiger partial charge on any atom is -0.364 e. The van der Waals surface area contributed by atoms with Crippen LogP contribution in [0.4, 0.5) is 10.2 Å². The van der Waals surface area contributed by atoms with Gasteiger partial charge in [-0.3, -0.25) is 4.40 Å². The monoisotopic (exact) mass is 417 g/mol. The van der Waals surface area contributed by atoms with Crippen molar-refractivity contribution in [2.45, 2.75) is 46.6 Å². The number of hydrogen-bond donors (Lipinski definition) is 1. The molecule has 0 spiro atoms. The smallest absolute Gasteiger partial charge is 0.139 e. The summed E-state index contributed by atoms with van der Waals surface area (Å²) in [5.74, 6) is 0.613. The third-order valence-electron chi connectivity index (χ3n) is 4.11. The van der Waals surface area contributed by atoms with Crippen molar-refractivity contribution in [3.05, 3.63) is 52.9 Å². The molecular formula is C21H25BrFN3. The molecule has 0 saturated heterocycles. The standard InChI is InChI=1S/C21H25BrFN3/c1-20(2,3)13-21(4,5)25-19-18(14-7-6-8-16(23)11-14)24-17-10-9-15(22)12-26(17)19/h6-12,25H,13H2,1-5H3. The Labute approximate surface area is 162 Å². The van der Waals surface area contributed by atoms with Gasteiger partial charge in [-0.25, -0.2) is 9.37 Å². The lowest BCUT2D eigenvalue weighted by Crippen LogP contribution is -2.36. The zero-order valence-corrected chi connectivity index (χ0v) is 17.5. The maximum Gasteiger partial charge on any atom is 0.139 e. The molecule has 0 atom stereocenters. The summed E-state index contributed by atoms with van der Waals surface area (Å²) in [6.07, 6.45) is 2.96. The van der Waals surface area contributed by atoms with Crippen molar-refractivity contribution in [2.75, 3.05) is 5.32 Å². The van der Waals surface area contributed by atoms with Crippen LogP contribution >= 0.6 is 15.9 Å². The van der Waals surface area contributed by atoms with Gasteiger partial charge in [0, 0.05) is 21.8 Å². The van der Waals surface area contributed by atoms with Gasteiger partial charge in [0.05, 0.1) is 0 Å². The molecule has 138 valence electrons. The van der Waals surface area contributed by atoms with E-state index in [1.54, 1.807) is 6.07 Å². The van der Waals surface area contributed by atoms with Gasteiger partial charge in [-0.15, -0.1) is 0 Å². The molecule has 0 radical (unpaired) electrons. The summed E-state index contributed by atoms with van der Waals surface area (Å²) in [6.45, 7) is 11.1. The zero-order valence-electron chi connectivity index (χ0n) is 15.9. The highest BCUT2D eigenvalue weighted by molar-refractivity contribution is 9.10. The SMILES string of the molecule is CC(C)(C)CC(C)(C)Nc1c(-c2cccc(F)c2)nc2ccc(Br)cn12. The first-order valence-electron chi connectivity index (χ1n) is 8.76. The zero-order chi connectivity index (χ0) is 19.1. The fourth-order valence-corrected chi connectivity index (χ4v) is 4.00. The highest BCUT2D eigenvalue weighted by atomic mass is 79.9. The summed E-state index contributed by atoms with van der Waals surface area (Å²) < 4.78 is 16.8. The van der Waals surface area contributed by atoms with Crippen LogP contribution in [0.25, 0.3) is 16.9 Å². The molecule has 0 aliphatic heterocycles. The van der Waals surface area contributed by atoms with E-state index in [1.807, 2.05) is 28.8 Å². The summed E-state index contributed by atoms with van der Waals surface area (Å²) in [6, 6.07) is 10.5. The van der Waals surface area contributed by atoms with E-state index >= 15 is 0 Å². The van der Waals surface area contributed by atoms with Crippen LogP contribution in [0.1, 0.15) is 41.0 Å². The van der Waals surface area contributed by atoms with Crippen LogP contribution in [0.3, 0.4) is 0 Å². The molecule has 26 heavy (non-hydrogen) atoms. The number of hydrogen-bond acceptors (Lipinski definition) is 2. The maximum atomic E-state index is 13.8. The van der Waals surface area contributed by atoms with Crippen LogP contribution in [0.15, 0.2) is 47.1 Å². The van der Waals surface area contributed by atoms with Gasteiger partial charge in [-0.1, -0.05) is 32.9 Å². The van der Waals surface area contributed by atoms with Crippen LogP contribution in [0.5, 0.6) is 0 Å². The molecule has 3 rings (SSSR count). The van der Waals surface area contributed by atoms with E-state index in [1.165, 1.54) is 12.1 Å². The number of pyridine rings is 1. The molecule has 0 unspecified atom stereocenters. The molecule has 0 aliphatic carbocycles. The van der Waals surface area contributed by atoms with Gasteiger partial charge in [0.2, 0.25) is 0 Å². The Balaban J connectivity index is 2.15. The average Bonchev–Trinajstić information content (AvgIpc) is 2.82. The molecule has 2 heterocycles. The van der Waals surface area contributed by atoms with Gasteiger partial charge in [0.15, 0.2) is 0 Å². The molecule has 0 fully saturated rings. The largest absolute Gasteiger partial charge is 0.364 e. The van der Waals surface area contributed by atoms with Crippen molar-refractivity contribution in [1.29, 1.82) is 0 Å². The van der Waals surface area contributed by atoms with E-state index in [0.29, 0.717) is 0 Å². The molecule has 1 aromatic carbocycles. The highest BCUT2D eigenvalue weighted by Gasteiger charge is 2.28. The topological polar surface area (TPSA) is 29.3 Å². The molecule has 2 aromatic heterocycles. The number of imidazole rings is 1. The van der Waals surface area contributed by atoms with Crippen molar-refractivity contribution >= 4 is 27.4 Å². The fraction of sp³-hybridized carbons (Fsp3) is 0.381. The Hall–Kier alpha value is -1.88. The Morgan fingerprint density at radius 3 is 2.50 bits per heavy atom. The van der Waals surface area contributed by atoms with Crippen LogP contribution in [-0.4, -0.2) is 14.9 Å². The number of fused-ring (bicyclic) bond motifs is 1. The molecule has 3 aromatic rings. The molecular weight excluding hydrogens is 393 g/mol. The van der Waals surface area contributed by atoms with Gasteiger partial charge >= 0.3 is 0 Å². The molecule has 3 nitrogen and oxygen atoms in total. The second-order valence-corrected chi connectivity index (χ2v) is 9.56. The first-order valence-corrected chi connectivity index (χ1v) is 9.55. The van der Waals surface area contributed by atoms with E-state index < -0.39 is 0 Å². The minimum absolute atomic E-state index is 0.154. The Kier molecular flexibility index (Phi) is 4.86. The van der Waals surface area contributed by atoms with Gasteiger partial charge < -0.3 is 5.32 Å². The molecule has 0 amide bonds. The summed E-state index contributed by atoms with van der Waals surface area (Å²) >= 11 is 3.54. The summed E-state index contributed by atoms with van der Waals surface area (Å²) in [7, 11) is 0. The normalized spacial score (nSPS) is 12.6. The Morgan fingerprint density at radius 2 is 1.85 bits per heavy atom. The van der Waals surface area contributed by atoms with Crippen molar-refractivity contribution in [2.24, 2.45) is 5.41 Å². The van der Waals surface area contributed by atoms with Crippen LogP contribution < -0.4 is 5.32 Å². The first kappa shape index (κ1) is 18.9. The lowest BCUT2D eigenvalue weighted by molar-refractivity contribution is 0.302. The van der Waals surface area contributed by atoms with E-state index in [4.69, 9.17) is 4.98 Å².